The molecular formula is C13H11Br2N. The van der Waals surface area contributed by atoms with Gasteiger partial charge in [-0.15, -0.1) is 0 Å². The Balaban J connectivity index is 2.14. The third-order valence-electron chi connectivity index (χ3n) is 2.37. The molecule has 0 saturated carbocycles. The van der Waals surface area contributed by atoms with E-state index in [1.165, 1.54) is 5.56 Å². The molecular weight excluding hydrogens is 330 g/mol. The number of hydrogen-bond donors (Lipinski definition) is 0. The molecule has 2 aromatic rings. The van der Waals surface area contributed by atoms with E-state index in [9.17, 15) is 0 Å². The van der Waals surface area contributed by atoms with Crippen molar-refractivity contribution in [1.82, 2.24) is 4.98 Å². The van der Waals surface area contributed by atoms with Gasteiger partial charge in [0.1, 0.15) is 0 Å². The molecule has 1 atom stereocenters. The highest BCUT2D eigenvalue weighted by atomic mass is 79.9. The van der Waals surface area contributed by atoms with Crippen molar-refractivity contribution in [1.29, 1.82) is 0 Å². The quantitative estimate of drug-likeness (QED) is 0.748. The minimum atomic E-state index is 0.305. The molecule has 82 valence electrons. The topological polar surface area (TPSA) is 12.9 Å². The Kier molecular flexibility index (Phi) is 4.13. The predicted molar refractivity (Wildman–Crippen MR) is 73.8 cm³/mol. The van der Waals surface area contributed by atoms with Crippen LogP contribution in [0.4, 0.5) is 0 Å². The molecule has 3 heteroatoms. The summed E-state index contributed by atoms with van der Waals surface area (Å²) in [6, 6.07) is 14.3. The molecule has 1 unspecified atom stereocenters. The Morgan fingerprint density at radius 1 is 1.06 bits per heavy atom. The molecule has 2 rings (SSSR count). The molecule has 0 amide bonds. The summed E-state index contributed by atoms with van der Waals surface area (Å²) in [4.78, 5) is 4.67. The molecule has 0 fully saturated rings. The SMILES string of the molecule is Brc1cccnc1CC(Br)c1ccccc1. The standard InChI is InChI=1S/C13H11Br2N/c14-11-7-4-8-16-13(11)9-12(15)10-5-2-1-3-6-10/h1-8,12H,9H2. The van der Waals surface area contributed by atoms with Gasteiger partial charge in [0.25, 0.3) is 0 Å². The summed E-state index contributed by atoms with van der Waals surface area (Å²) in [5, 5.41) is 0. The Labute approximate surface area is 112 Å². The maximum absolute atomic E-state index is 4.37. The van der Waals surface area contributed by atoms with Gasteiger partial charge in [0, 0.05) is 21.9 Å². The van der Waals surface area contributed by atoms with Gasteiger partial charge < -0.3 is 0 Å². The predicted octanol–water partition coefficient (Wildman–Crippen LogP) is 4.52. The van der Waals surface area contributed by atoms with Gasteiger partial charge in [0.15, 0.2) is 0 Å². The zero-order valence-corrected chi connectivity index (χ0v) is 11.8. The minimum absolute atomic E-state index is 0.305. The van der Waals surface area contributed by atoms with Gasteiger partial charge in [0.2, 0.25) is 0 Å². The lowest BCUT2D eigenvalue weighted by molar-refractivity contribution is 0.898. The number of aromatic nitrogens is 1. The van der Waals surface area contributed by atoms with Crippen LogP contribution in [0, 0.1) is 0 Å². The molecule has 1 nitrogen and oxygen atoms in total. The first-order valence-electron chi connectivity index (χ1n) is 5.06. The summed E-state index contributed by atoms with van der Waals surface area (Å²) in [6.45, 7) is 0. The molecule has 0 aliphatic carbocycles. The first-order chi connectivity index (χ1) is 7.77. The van der Waals surface area contributed by atoms with Crippen LogP contribution < -0.4 is 0 Å². The molecule has 1 aromatic heterocycles. The van der Waals surface area contributed by atoms with E-state index in [0.29, 0.717) is 4.83 Å². The smallest absolute Gasteiger partial charge is 0.0559 e. The molecule has 0 radical (unpaired) electrons. The van der Waals surface area contributed by atoms with E-state index >= 15 is 0 Å². The van der Waals surface area contributed by atoms with Crippen molar-refractivity contribution in [3.8, 4) is 0 Å². The van der Waals surface area contributed by atoms with Crippen molar-refractivity contribution in [2.24, 2.45) is 0 Å². The van der Waals surface area contributed by atoms with Crippen molar-refractivity contribution in [2.75, 3.05) is 0 Å². The molecule has 0 aliphatic rings. The first-order valence-corrected chi connectivity index (χ1v) is 6.76. The van der Waals surface area contributed by atoms with Crippen LogP contribution in [-0.4, -0.2) is 4.98 Å². The van der Waals surface area contributed by atoms with Crippen molar-refractivity contribution >= 4 is 31.9 Å². The van der Waals surface area contributed by atoms with Gasteiger partial charge in [-0.2, -0.15) is 0 Å². The van der Waals surface area contributed by atoms with E-state index in [4.69, 9.17) is 0 Å². The fourth-order valence-corrected chi connectivity index (χ4v) is 2.55. The maximum atomic E-state index is 4.37. The van der Waals surface area contributed by atoms with Gasteiger partial charge in [0.05, 0.1) is 5.69 Å². The number of halogens is 2. The van der Waals surface area contributed by atoms with Crippen LogP contribution >= 0.6 is 31.9 Å². The average Bonchev–Trinajstić information content (AvgIpc) is 2.33. The summed E-state index contributed by atoms with van der Waals surface area (Å²) < 4.78 is 1.07. The lowest BCUT2D eigenvalue weighted by Crippen LogP contribution is -1.98. The number of rotatable bonds is 3. The van der Waals surface area contributed by atoms with Crippen molar-refractivity contribution < 1.29 is 0 Å². The first kappa shape index (κ1) is 11.8. The average molecular weight is 341 g/mol. The largest absolute Gasteiger partial charge is 0.260 e. The van der Waals surface area contributed by atoms with E-state index in [0.717, 1.165) is 16.6 Å². The Bertz CT molecular complexity index is 456. The van der Waals surface area contributed by atoms with Crippen molar-refractivity contribution in [3.05, 3.63) is 64.4 Å². The van der Waals surface area contributed by atoms with Crippen LogP contribution in [0.15, 0.2) is 53.1 Å². The van der Waals surface area contributed by atoms with E-state index in [-0.39, 0.29) is 0 Å². The highest BCUT2D eigenvalue weighted by molar-refractivity contribution is 9.10. The van der Waals surface area contributed by atoms with Crippen molar-refractivity contribution in [3.63, 3.8) is 0 Å². The molecule has 0 N–H and O–H groups in total. The zero-order chi connectivity index (χ0) is 11.4. The van der Waals surface area contributed by atoms with Crippen molar-refractivity contribution in [2.45, 2.75) is 11.2 Å². The van der Waals surface area contributed by atoms with E-state index < -0.39 is 0 Å². The van der Waals surface area contributed by atoms with Crippen LogP contribution in [0.3, 0.4) is 0 Å². The third-order valence-corrected chi connectivity index (χ3v) is 3.94. The molecule has 0 saturated heterocycles. The highest BCUT2D eigenvalue weighted by Gasteiger charge is 2.10. The van der Waals surface area contributed by atoms with E-state index in [2.05, 4.69) is 61.1 Å². The second-order valence-electron chi connectivity index (χ2n) is 3.51. The second kappa shape index (κ2) is 5.60. The van der Waals surface area contributed by atoms with Gasteiger partial charge in [-0.1, -0.05) is 46.3 Å². The summed E-state index contributed by atoms with van der Waals surface area (Å²) in [6.07, 6.45) is 2.70. The number of hydrogen-bond acceptors (Lipinski definition) is 1. The number of pyridine rings is 1. The minimum Gasteiger partial charge on any atom is -0.260 e. The van der Waals surface area contributed by atoms with Crippen LogP contribution in [0.1, 0.15) is 16.1 Å². The lowest BCUT2D eigenvalue weighted by Gasteiger charge is -2.10. The van der Waals surface area contributed by atoms with Crippen LogP contribution in [0.5, 0.6) is 0 Å². The van der Waals surface area contributed by atoms with E-state index in [1.807, 2.05) is 24.4 Å². The molecule has 1 heterocycles. The fourth-order valence-electron chi connectivity index (χ4n) is 1.52. The van der Waals surface area contributed by atoms with Crippen LogP contribution in [-0.2, 0) is 6.42 Å². The highest BCUT2D eigenvalue weighted by Crippen LogP contribution is 2.28. The van der Waals surface area contributed by atoms with Crippen LogP contribution in [0.2, 0.25) is 0 Å². The van der Waals surface area contributed by atoms with Gasteiger partial charge in [-0.3, -0.25) is 4.98 Å². The van der Waals surface area contributed by atoms with Gasteiger partial charge in [-0.25, -0.2) is 0 Å². The zero-order valence-electron chi connectivity index (χ0n) is 8.61. The number of nitrogens with zero attached hydrogens (tertiary/aromatic N) is 1. The lowest BCUT2D eigenvalue weighted by atomic mass is 10.1. The Morgan fingerprint density at radius 2 is 1.81 bits per heavy atom. The molecule has 0 bridgehead atoms. The van der Waals surface area contributed by atoms with E-state index in [1.54, 1.807) is 0 Å². The Morgan fingerprint density at radius 3 is 2.50 bits per heavy atom. The van der Waals surface area contributed by atoms with Gasteiger partial charge >= 0.3 is 0 Å². The molecule has 1 aromatic carbocycles. The molecule has 0 aliphatic heterocycles. The monoisotopic (exact) mass is 339 g/mol. The summed E-state index contributed by atoms with van der Waals surface area (Å²) in [7, 11) is 0. The number of benzene rings is 1. The van der Waals surface area contributed by atoms with Crippen LogP contribution in [0.25, 0.3) is 0 Å². The molecule has 0 spiro atoms. The fraction of sp³-hybridized carbons (Fsp3) is 0.154. The number of alkyl halides is 1. The summed E-state index contributed by atoms with van der Waals surface area (Å²) in [5.74, 6) is 0. The second-order valence-corrected chi connectivity index (χ2v) is 5.47. The summed E-state index contributed by atoms with van der Waals surface area (Å²) >= 11 is 7.21. The maximum Gasteiger partial charge on any atom is 0.0559 e. The molecule has 16 heavy (non-hydrogen) atoms. The normalized spacial score (nSPS) is 12.4. The van der Waals surface area contributed by atoms with Gasteiger partial charge in [-0.05, 0) is 33.6 Å². The summed E-state index contributed by atoms with van der Waals surface area (Å²) in [5.41, 5.74) is 2.35. The Hall–Kier alpha value is -0.670. The third kappa shape index (κ3) is 2.92.